The summed E-state index contributed by atoms with van der Waals surface area (Å²) in [5.74, 6) is 0.235. The maximum atomic E-state index is 11.8. The highest BCUT2D eigenvalue weighted by Gasteiger charge is 2.16. The van der Waals surface area contributed by atoms with E-state index >= 15 is 0 Å². The van der Waals surface area contributed by atoms with Crippen molar-refractivity contribution in [2.45, 2.75) is 25.4 Å². The van der Waals surface area contributed by atoms with Gasteiger partial charge in [0.1, 0.15) is 5.82 Å². The number of nitrogens with zero attached hydrogens (tertiary/aromatic N) is 3. The third kappa shape index (κ3) is 3.35. The Morgan fingerprint density at radius 3 is 2.68 bits per heavy atom. The van der Waals surface area contributed by atoms with Gasteiger partial charge in [-0.05, 0) is 43.1 Å². The van der Waals surface area contributed by atoms with Gasteiger partial charge in [0.15, 0.2) is 0 Å². The van der Waals surface area contributed by atoms with Crippen LogP contribution in [0.4, 0.5) is 5.82 Å². The molecule has 0 amide bonds. The minimum Gasteiger partial charge on any atom is -0.383 e. The number of aromatic nitrogens is 2. The van der Waals surface area contributed by atoms with Gasteiger partial charge in [0.25, 0.3) is 0 Å². The van der Waals surface area contributed by atoms with Gasteiger partial charge in [-0.1, -0.05) is 12.1 Å². The molecule has 1 aliphatic heterocycles. The number of benzene rings is 1. The van der Waals surface area contributed by atoms with Gasteiger partial charge < -0.3 is 11.5 Å². The van der Waals surface area contributed by atoms with E-state index in [4.69, 9.17) is 11.5 Å². The normalized spacial score (nSPS) is 19.2. The zero-order valence-electron chi connectivity index (χ0n) is 12.5. The average Bonchev–Trinajstić information content (AvgIpc) is 2.48. The quantitative estimate of drug-likeness (QED) is 0.872. The molecule has 0 bridgehead atoms. The smallest absolute Gasteiger partial charge is 0.354 e. The number of nitrogen functional groups attached to an aromatic ring is 1. The van der Waals surface area contributed by atoms with Crippen LogP contribution in [0.3, 0.4) is 0 Å². The lowest BCUT2D eigenvalue weighted by molar-refractivity contribution is 0.201. The van der Waals surface area contributed by atoms with Crippen molar-refractivity contribution in [2.75, 3.05) is 18.8 Å². The van der Waals surface area contributed by atoms with E-state index in [1.54, 1.807) is 12.3 Å². The van der Waals surface area contributed by atoms with Crippen molar-refractivity contribution in [1.29, 1.82) is 0 Å². The summed E-state index contributed by atoms with van der Waals surface area (Å²) in [6, 6.07) is 9.84. The molecule has 116 valence electrons. The van der Waals surface area contributed by atoms with Crippen LogP contribution in [0.5, 0.6) is 0 Å². The summed E-state index contributed by atoms with van der Waals surface area (Å²) < 4.78 is 1.48. The van der Waals surface area contributed by atoms with Crippen LogP contribution in [0.25, 0.3) is 5.69 Å². The van der Waals surface area contributed by atoms with E-state index in [0.717, 1.165) is 38.2 Å². The average molecular weight is 299 g/mol. The lowest BCUT2D eigenvalue weighted by Gasteiger charge is -2.30. The Bertz CT molecular complexity index is 694. The molecule has 0 aliphatic carbocycles. The molecule has 6 heteroatoms. The highest BCUT2D eigenvalue weighted by atomic mass is 16.1. The Balaban J connectivity index is 1.73. The molecular weight excluding hydrogens is 278 g/mol. The minimum absolute atomic E-state index is 0.235. The standard InChI is InChI=1S/C16H21N5O/c17-13-2-1-8-20(11-13)10-12-3-5-14(6-4-12)21-9-7-15(18)19-16(21)22/h3-7,9,13H,1-2,8,10-11,17H2,(H2,18,19,22). The van der Waals surface area contributed by atoms with Crippen molar-refractivity contribution in [3.63, 3.8) is 0 Å². The van der Waals surface area contributed by atoms with Gasteiger partial charge in [0.05, 0.1) is 5.69 Å². The van der Waals surface area contributed by atoms with Crippen LogP contribution >= 0.6 is 0 Å². The molecule has 4 N–H and O–H groups in total. The lowest BCUT2D eigenvalue weighted by Crippen LogP contribution is -2.42. The van der Waals surface area contributed by atoms with Gasteiger partial charge in [-0.25, -0.2) is 4.79 Å². The number of anilines is 1. The molecule has 1 fully saturated rings. The predicted octanol–water partition coefficient (Wildman–Crippen LogP) is 0.738. The zero-order valence-corrected chi connectivity index (χ0v) is 12.5. The molecule has 1 aromatic heterocycles. The van der Waals surface area contributed by atoms with Gasteiger partial charge in [0.2, 0.25) is 0 Å². The Labute approximate surface area is 129 Å². The van der Waals surface area contributed by atoms with Crippen molar-refractivity contribution in [3.05, 3.63) is 52.6 Å². The monoisotopic (exact) mass is 299 g/mol. The molecule has 2 aromatic rings. The fourth-order valence-corrected chi connectivity index (χ4v) is 2.87. The second-order valence-electron chi connectivity index (χ2n) is 5.81. The molecule has 1 aliphatic rings. The van der Waals surface area contributed by atoms with Gasteiger partial charge in [0, 0.05) is 25.3 Å². The van der Waals surface area contributed by atoms with E-state index in [2.05, 4.69) is 9.88 Å². The summed E-state index contributed by atoms with van der Waals surface area (Å²) in [4.78, 5) is 17.9. The number of hydrogen-bond donors (Lipinski definition) is 2. The number of piperidine rings is 1. The fraction of sp³-hybridized carbons (Fsp3) is 0.375. The minimum atomic E-state index is -0.366. The third-order valence-electron chi connectivity index (χ3n) is 3.99. The van der Waals surface area contributed by atoms with E-state index in [1.165, 1.54) is 10.1 Å². The van der Waals surface area contributed by atoms with Gasteiger partial charge in [-0.3, -0.25) is 9.47 Å². The van der Waals surface area contributed by atoms with Crippen LogP contribution in [0.15, 0.2) is 41.3 Å². The Morgan fingerprint density at radius 1 is 1.23 bits per heavy atom. The van der Waals surface area contributed by atoms with Gasteiger partial charge in [-0.2, -0.15) is 4.98 Å². The Kier molecular flexibility index (Phi) is 4.22. The first-order valence-corrected chi connectivity index (χ1v) is 7.54. The van der Waals surface area contributed by atoms with Gasteiger partial charge in [-0.15, -0.1) is 0 Å². The van der Waals surface area contributed by atoms with Crippen molar-refractivity contribution in [1.82, 2.24) is 14.5 Å². The molecule has 0 saturated carbocycles. The highest BCUT2D eigenvalue weighted by molar-refractivity contribution is 5.36. The maximum Gasteiger partial charge on any atom is 0.354 e. The summed E-state index contributed by atoms with van der Waals surface area (Å²) in [5.41, 5.74) is 13.2. The van der Waals surface area contributed by atoms with Gasteiger partial charge >= 0.3 is 5.69 Å². The molecule has 0 radical (unpaired) electrons. The molecule has 0 spiro atoms. The van der Waals surface area contributed by atoms with E-state index in [1.807, 2.05) is 24.3 Å². The fourth-order valence-electron chi connectivity index (χ4n) is 2.87. The van der Waals surface area contributed by atoms with Crippen LogP contribution in [-0.4, -0.2) is 33.6 Å². The van der Waals surface area contributed by atoms with Crippen LogP contribution < -0.4 is 17.2 Å². The van der Waals surface area contributed by atoms with Crippen LogP contribution in [-0.2, 0) is 6.54 Å². The van der Waals surface area contributed by atoms with E-state index in [0.29, 0.717) is 0 Å². The second-order valence-corrected chi connectivity index (χ2v) is 5.81. The first-order chi connectivity index (χ1) is 10.6. The third-order valence-corrected chi connectivity index (χ3v) is 3.99. The molecular formula is C16H21N5O. The Hall–Kier alpha value is -2.18. The lowest BCUT2D eigenvalue weighted by atomic mass is 10.1. The first kappa shape index (κ1) is 14.7. The van der Waals surface area contributed by atoms with Crippen LogP contribution in [0, 0.1) is 0 Å². The summed E-state index contributed by atoms with van der Waals surface area (Å²) in [6.45, 7) is 2.93. The second kappa shape index (κ2) is 6.29. The summed E-state index contributed by atoms with van der Waals surface area (Å²) in [5, 5.41) is 0. The van der Waals surface area contributed by atoms with Crippen LogP contribution in [0.1, 0.15) is 18.4 Å². The zero-order chi connectivity index (χ0) is 15.5. The molecule has 1 aromatic carbocycles. The molecule has 3 rings (SSSR count). The molecule has 1 atom stereocenters. The molecule has 6 nitrogen and oxygen atoms in total. The van der Waals surface area contributed by atoms with E-state index in [-0.39, 0.29) is 17.5 Å². The predicted molar refractivity (Wildman–Crippen MR) is 86.7 cm³/mol. The maximum absolute atomic E-state index is 11.8. The number of nitrogens with two attached hydrogens (primary N) is 2. The SMILES string of the molecule is Nc1ccn(-c2ccc(CN3CCCC(N)C3)cc2)c(=O)n1. The largest absolute Gasteiger partial charge is 0.383 e. The number of rotatable bonds is 3. The summed E-state index contributed by atoms with van der Waals surface area (Å²) in [7, 11) is 0. The highest BCUT2D eigenvalue weighted by Crippen LogP contribution is 2.14. The molecule has 1 saturated heterocycles. The summed E-state index contributed by atoms with van der Waals surface area (Å²) >= 11 is 0. The topological polar surface area (TPSA) is 90.2 Å². The van der Waals surface area contributed by atoms with E-state index in [9.17, 15) is 4.79 Å². The summed E-state index contributed by atoms with van der Waals surface area (Å²) in [6.07, 6.45) is 3.91. The number of likely N-dealkylation sites (tertiary alicyclic amines) is 1. The van der Waals surface area contributed by atoms with Crippen molar-refractivity contribution >= 4 is 5.82 Å². The van der Waals surface area contributed by atoms with E-state index < -0.39 is 0 Å². The van der Waals surface area contributed by atoms with Crippen LogP contribution in [0.2, 0.25) is 0 Å². The molecule has 1 unspecified atom stereocenters. The Morgan fingerprint density at radius 2 is 2.00 bits per heavy atom. The van der Waals surface area contributed by atoms with Crippen molar-refractivity contribution in [2.24, 2.45) is 5.73 Å². The van der Waals surface area contributed by atoms with Crippen molar-refractivity contribution < 1.29 is 0 Å². The molecule has 2 heterocycles. The first-order valence-electron chi connectivity index (χ1n) is 7.54. The van der Waals surface area contributed by atoms with Crippen molar-refractivity contribution in [3.8, 4) is 5.69 Å². The number of hydrogen-bond acceptors (Lipinski definition) is 5. The molecule has 22 heavy (non-hydrogen) atoms.